The second kappa shape index (κ2) is 7.26. The zero-order valence-electron chi connectivity index (χ0n) is 12.3. The van der Waals surface area contributed by atoms with Crippen LogP contribution in [0.1, 0.15) is 25.8 Å². The van der Waals surface area contributed by atoms with Gasteiger partial charge in [0.25, 0.3) is 0 Å². The first-order chi connectivity index (χ1) is 8.90. The maximum atomic E-state index is 12.0. The first-order valence-corrected chi connectivity index (χ1v) is 6.69. The van der Waals surface area contributed by atoms with Gasteiger partial charge in [0, 0.05) is 12.2 Å². The number of amides is 1. The van der Waals surface area contributed by atoms with Crippen LogP contribution in [0.5, 0.6) is 0 Å². The molecule has 0 heterocycles. The molecule has 1 aromatic rings. The molecule has 1 atom stereocenters. The van der Waals surface area contributed by atoms with E-state index in [2.05, 4.69) is 24.1 Å². The summed E-state index contributed by atoms with van der Waals surface area (Å²) in [6, 6.07) is 7.38. The number of rotatable bonds is 6. The van der Waals surface area contributed by atoms with Crippen molar-refractivity contribution in [3.63, 3.8) is 0 Å². The van der Waals surface area contributed by atoms with E-state index in [-0.39, 0.29) is 5.91 Å². The van der Waals surface area contributed by atoms with Crippen LogP contribution in [0.2, 0.25) is 0 Å². The van der Waals surface area contributed by atoms with E-state index in [9.17, 15) is 4.79 Å². The Morgan fingerprint density at radius 2 is 1.95 bits per heavy atom. The molecule has 1 amide bonds. The van der Waals surface area contributed by atoms with Crippen LogP contribution in [-0.2, 0) is 11.3 Å². The molecule has 0 radical (unpaired) electrons. The van der Waals surface area contributed by atoms with E-state index in [4.69, 9.17) is 5.73 Å². The lowest BCUT2D eigenvalue weighted by molar-refractivity contribution is -0.117. The zero-order chi connectivity index (χ0) is 14.4. The summed E-state index contributed by atoms with van der Waals surface area (Å²) in [5, 5.41) is 2.93. The van der Waals surface area contributed by atoms with Crippen molar-refractivity contribution < 1.29 is 4.79 Å². The first kappa shape index (κ1) is 15.7. The van der Waals surface area contributed by atoms with Crippen LogP contribution in [0.15, 0.2) is 24.3 Å². The molecule has 0 aliphatic rings. The standard InChI is InChI=1S/C15H25N3O/c1-11(2)9-13(16)15(19)17-14-8-6-5-7-12(14)10-18(3)4/h5-8,11,13H,9-10,16H2,1-4H3,(H,17,19)/t13-/m0/s1. The molecule has 0 bridgehead atoms. The SMILES string of the molecule is CC(C)C[C@H](N)C(=O)Nc1ccccc1CN(C)C. The van der Waals surface area contributed by atoms with Crippen molar-refractivity contribution in [2.45, 2.75) is 32.9 Å². The molecule has 19 heavy (non-hydrogen) atoms. The molecule has 0 fully saturated rings. The van der Waals surface area contributed by atoms with Crippen molar-refractivity contribution >= 4 is 11.6 Å². The van der Waals surface area contributed by atoms with Gasteiger partial charge in [0.2, 0.25) is 5.91 Å². The van der Waals surface area contributed by atoms with Gasteiger partial charge in [-0.3, -0.25) is 4.79 Å². The molecular formula is C15H25N3O. The fourth-order valence-electron chi connectivity index (χ4n) is 1.96. The minimum atomic E-state index is -0.451. The maximum Gasteiger partial charge on any atom is 0.241 e. The van der Waals surface area contributed by atoms with Crippen LogP contribution in [0.3, 0.4) is 0 Å². The number of hydrogen-bond acceptors (Lipinski definition) is 3. The third kappa shape index (κ3) is 5.41. The van der Waals surface area contributed by atoms with Gasteiger partial charge in [-0.15, -0.1) is 0 Å². The highest BCUT2D eigenvalue weighted by atomic mass is 16.2. The second-order valence-corrected chi connectivity index (χ2v) is 5.62. The molecule has 0 spiro atoms. The highest BCUT2D eigenvalue weighted by Crippen LogP contribution is 2.17. The zero-order valence-corrected chi connectivity index (χ0v) is 12.3. The van der Waals surface area contributed by atoms with Gasteiger partial charge in [0.1, 0.15) is 0 Å². The number of nitrogens with two attached hydrogens (primary N) is 1. The van der Waals surface area contributed by atoms with E-state index in [1.165, 1.54) is 0 Å². The molecule has 4 heteroatoms. The normalized spacial score (nSPS) is 12.8. The molecule has 0 aromatic heterocycles. The van der Waals surface area contributed by atoms with Crippen molar-refractivity contribution in [2.24, 2.45) is 11.7 Å². The first-order valence-electron chi connectivity index (χ1n) is 6.69. The van der Waals surface area contributed by atoms with E-state index >= 15 is 0 Å². The summed E-state index contributed by atoms with van der Waals surface area (Å²) >= 11 is 0. The van der Waals surface area contributed by atoms with Gasteiger partial charge in [0.05, 0.1) is 6.04 Å². The molecule has 4 nitrogen and oxygen atoms in total. The van der Waals surface area contributed by atoms with Crippen molar-refractivity contribution in [1.82, 2.24) is 4.90 Å². The van der Waals surface area contributed by atoms with Crippen LogP contribution in [0.25, 0.3) is 0 Å². The summed E-state index contributed by atoms with van der Waals surface area (Å²) in [6.07, 6.45) is 0.696. The predicted molar refractivity (Wildman–Crippen MR) is 79.9 cm³/mol. The Kier molecular flexibility index (Phi) is 5.99. The Labute approximate surface area is 116 Å². The average Bonchev–Trinajstić information content (AvgIpc) is 2.30. The van der Waals surface area contributed by atoms with Crippen LogP contribution in [-0.4, -0.2) is 30.9 Å². The van der Waals surface area contributed by atoms with Gasteiger partial charge in [-0.25, -0.2) is 0 Å². The Bertz CT molecular complexity index is 416. The minimum Gasteiger partial charge on any atom is -0.324 e. The Hall–Kier alpha value is -1.39. The van der Waals surface area contributed by atoms with Crippen LogP contribution >= 0.6 is 0 Å². The number of para-hydroxylation sites is 1. The molecule has 3 N–H and O–H groups in total. The molecule has 0 saturated carbocycles. The largest absolute Gasteiger partial charge is 0.324 e. The Morgan fingerprint density at radius 3 is 2.53 bits per heavy atom. The van der Waals surface area contributed by atoms with Gasteiger partial charge >= 0.3 is 0 Å². The van der Waals surface area contributed by atoms with Crippen LogP contribution in [0.4, 0.5) is 5.69 Å². The third-order valence-corrected chi connectivity index (χ3v) is 2.82. The molecule has 1 aromatic carbocycles. The number of carbonyl (C=O) groups excluding carboxylic acids is 1. The number of anilines is 1. The number of hydrogen-bond donors (Lipinski definition) is 2. The fraction of sp³-hybridized carbons (Fsp3) is 0.533. The maximum absolute atomic E-state index is 12.0. The molecular weight excluding hydrogens is 238 g/mol. The molecule has 0 saturated heterocycles. The number of carbonyl (C=O) groups is 1. The van der Waals surface area contributed by atoms with Gasteiger partial charge in [0.15, 0.2) is 0 Å². The Balaban J connectivity index is 2.73. The molecule has 0 aliphatic carbocycles. The fourth-order valence-corrected chi connectivity index (χ4v) is 1.96. The van der Waals surface area contributed by atoms with Gasteiger partial charge < -0.3 is 16.0 Å². The molecule has 0 aliphatic heterocycles. The molecule has 0 unspecified atom stereocenters. The van der Waals surface area contributed by atoms with Crippen molar-refractivity contribution in [3.8, 4) is 0 Å². The topological polar surface area (TPSA) is 58.4 Å². The van der Waals surface area contributed by atoms with Gasteiger partial charge in [-0.2, -0.15) is 0 Å². The number of nitrogens with zero attached hydrogens (tertiary/aromatic N) is 1. The monoisotopic (exact) mass is 263 g/mol. The summed E-state index contributed by atoms with van der Waals surface area (Å²) in [4.78, 5) is 14.1. The summed E-state index contributed by atoms with van der Waals surface area (Å²) in [7, 11) is 4.01. The molecule has 106 valence electrons. The predicted octanol–water partition coefficient (Wildman–Crippen LogP) is 2.06. The molecule has 1 rings (SSSR count). The highest BCUT2D eigenvalue weighted by Gasteiger charge is 2.16. The summed E-state index contributed by atoms with van der Waals surface area (Å²) in [5.74, 6) is 0.303. The number of nitrogens with one attached hydrogen (secondary N) is 1. The van der Waals surface area contributed by atoms with Crippen molar-refractivity contribution in [3.05, 3.63) is 29.8 Å². The highest BCUT2D eigenvalue weighted by molar-refractivity contribution is 5.95. The summed E-state index contributed by atoms with van der Waals surface area (Å²) in [5.41, 5.74) is 7.84. The van der Waals surface area contributed by atoms with Crippen LogP contribution < -0.4 is 11.1 Å². The lowest BCUT2D eigenvalue weighted by Crippen LogP contribution is -2.37. The van der Waals surface area contributed by atoms with E-state index in [1.807, 2.05) is 38.4 Å². The summed E-state index contributed by atoms with van der Waals surface area (Å²) in [6.45, 7) is 4.91. The quantitative estimate of drug-likeness (QED) is 0.826. The van der Waals surface area contributed by atoms with Gasteiger partial charge in [-0.1, -0.05) is 32.0 Å². The van der Waals surface area contributed by atoms with Crippen molar-refractivity contribution in [2.75, 3.05) is 19.4 Å². The minimum absolute atomic E-state index is 0.111. The lowest BCUT2D eigenvalue weighted by Gasteiger charge is -2.18. The van der Waals surface area contributed by atoms with Gasteiger partial charge in [-0.05, 0) is 38.1 Å². The van der Waals surface area contributed by atoms with E-state index in [0.29, 0.717) is 12.3 Å². The van der Waals surface area contributed by atoms with Crippen molar-refractivity contribution in [1.29, 1.82) is 0 Å². The third-order valence-electron chi connectivity index (χ3n) is 2.82. The Morgan fingerprint density at radius 1 is 1.32 bits per heavy atom. The lowest BCUT2D eigenvalue weighted by atomic mass is 10.0. The smallest absolute Gasteiger partial charge is 0.241 e. The van der Waals surface area contributed by atoms with E-state index in [0.717, 1.165) is 17.8 Å². The number of benzene rings is 1. The average molecular weight is 263 g/mol. The van der Waals surface area contributed by atoms with E-state index in [1.54, 1.807) is 0 Å². The van der Waals surface area contributed by atoms with Crippen LogP contribution in [0, 0.1) is 5.92 Å². The second-order valence-electron chi connectivity index (χ2n) is 5.62. The van der Waals surface area contributed by atoms with E-state index < -0.39 is 6.04 Å². The summed E-state index contributed by atoms with van der Waals surface area (Å²) < 4.78 is 0.